The SMILES string of the molecule is O=C(O)C1CCCN1C(=O)Cc1ccc2ccccc2c1. The van der Waals surface area contributed by atoms with Crippen molar-refractivity contribution in [3.8, 4) is 0 Å². The molecule has 0 saturated carbocycles. The Morgan fingerprint density at radius 2 is 1.90 bits per heavy atom. The summed E-state index contributed by atoms with van der Waals surface area (Å²) in [5.74, 6) is -1.01. The minimum Gasteiger partial charge on any atom is -0.480 e. The lowest BCUT2D eigenvalue weighted by Crippen LogP contribution is -2.41. The molecule has 0 aromatic heterocycles. The average molecular weight is 283 g/mol. The summed E-state index contributed by atoms with van der Waals surface area (Å²) in [4.78, 5) is 25.0. The Kier molecular flexibility index (Phi) is 3.60. The van der Waals surface area contributed by atoms with Crippen LogP contribution in [0.15, 0.2) is 42.5 Å². The van der Waals surface area contributed by atoms with Crippen LogP contribution in [-0.4, -0.2) is 34.5 Å². The average Bonchev–Trinajstić information content (AvgIpc) is 2.97. The smallest absolute Gasteiger partial charge is 0.326 e. The van der Waals surface area contributed by atoms with Gasteiger partial charge in [-0.15, -0.1) is 0 Å². The molecule has 0 bridgehead atoms. The minimum atomic E-state index is -0.903. The number of carboxylic acids is 1. The molecule has 4 heteroatoms. The summed E-state index contributed by atoms with van der Waals surface area (Å²) in [6, 6.07) is 13.3. The van der Waals surface area contributed by atoms with E-state index in [1.165, 1.54) is 4.90 Å². The third-order valence-corrected chi connectivity index (χ3v) is 4.03. The summed E-state index contributed by atoms with van der Waals surface area (Å²) < 4.78 is 0. The van der Waals surface area contributed by atoms with E-state index in [4.69, 9.17) is 5.11 Å². The number of hydrogen-bond donors (Lipinski definition) is 1. The van der Waals surface area contributed by atoms with Crippen molar-refractivity contribution in [2.75, 3.05) is 6.54 Å². The van der Waals surface area contributed by atoms with Crippen molar-refractivity contribution < 1.29 is 14.7 Å². The lowest BCUT2D eigenvalue weighted by atomic mass is 10.0. The van der Waals surface area contributed by atoms with E-state index in [1.807, 2.05) is 42.5 Å². The number of rotatable bonds is 3. The van der Waals surface area contributed by atoms with Crippen LogP contribution in [0.25, 0.3) is 10.8 Å². The Morgan fingerprint density at radius 3 is 2.67 bits per heavy atom. The summed E-state index contributed by atoms with van der Waals surface area (Å²) in [5.41, 5.74) is 0.926. The van der Waals surface area contributed by atoms with E-state index in [0.29, 0.717) is 13.0 Å². The first-order valence-electron chi connectivity index (χ1n) is 7.15. The van der Waals surface area contributed by atoms with Crippen LogP contribution < -0.4 is 0 Å². The molecule has 1 fully saturated rings. The predicted molar refractivity (Wildman–Crippen MR) is 80.0 cm³/mol. The molecule has 1 unspecified atom stereocenters. The lowest BCUT2D eigenvalue weighted by molar-refractivity contribution is -0.148. The number of hydrogen-bond acceptors (Lipinski definition) is 2. The highest BCUT2D eigenvalue weighted by Gasteiger charge is 2.33. The first kappa shape index (κ1) is 13.6. The second-order valence-electron chi connectivity index (χ2n) is 5.44. The highest BCUT2D eigenvalue weighted by Crippen LogP contribution is 2.20. The topological polar surface area (TPSA) is 57.6 Å². The number of amides is 1. The van der Waals surface area contributed by atoms with Gasteiger partial charge in [-0.25, -0.2) is 4.79 Å². The van der Waals surface area contributed by atoms with E-state index in [2.05, 4.69) is 0 Å². The van der Waals surface area contributed by atoms with Gasteiger partial charge < -0.3 is 10.0 Å². The monoisotopic (exact) mass is 283 g/mol. The Morgan fingerprint density at radius 1 is 1.14 bits per heavy atom. The maximum absolute atomic E-state index is 12.3. The maximum Gasteiger partial charge on any atom is 0.326 e. The number of benzene rings is 2. The number of likely N-dealkylation sites (tertiary alicyclic amines) is 1. The lowest BCUT2D eigenvalue weighted by Gasteiger charge is -2.21. The molecule has 3 rings (SSSR count). The van der Waals surface area contributed by atoms with Crippen LogP contribution in [0.2, 0.25) is 0 Å². The first-order chi connectivity index (χ1) is 10.1. The van der Waals surface area contributed by atoms with E-state index in [1.54, 1.807) is 0 Å². The van der Waals surface area contributed by atoms with Gasteiger partial charge in [-0.1, -0.05) is 42.5 Å². The standard InChI is InChI=1S/C17H17NO3/c19-16(18-9-3-6-15(18)17(20)21)11-12-7-8-13-4-1-2-5-14(13)10-12/h1-2,4-5,7-8,10,15H,3,6,9,11H2,(H,20,21). The molecule has 2 aromatic rings. The van der Waals surface area contributed by atoms with Gasteiger partial charge in [-0.3, -0.25) is 4.79 Å². The van der Waals surface area contributed by atoms with E-state index in [-0.39, 0.29) is 12.3 Å². The van der Waals surface area contributed by atoms with E-state index in [9.17, 15) is 9.59 Å². The predicted octanol–water partition coefficient (Wildman–Crippen LogP) is 2.46. The molecule has 0 radical (unpaired) electrons. The molecule has 1 aliphatic rings. The minimum absolute atomic E-state index is 0.102. The molecule has 1 heterocycles. The molecular formula is C17H17NO3. The van der Waals surface area contributed by atoms with Crippen molar-refractivity contribution >= 4 is 22.6 Å². The van der Waals surface area contributed by atoms with Crippen molar-refractivity contribution in [1.29, 1.82) is 0 Å². The van der Waals surface area contributed by atoms with Gasteiger partial charge in [0.15, 0.2) is 0 Å². The maximum atomic E-state index is 12.3. The van der Waals surface area contributed by atoms with Gasteiger partial charge in [0, 0.05) is 6.54 Å². The number of carbonyl (C=O) groups is 2. The second-order valence-corrected chi connectivity index (χ2v) is 5.44. The van der Waals surface area contributed by atoms with Crippen LogP contribution in [0.1, 0.15) is 18.4 Å². The Balaban J connectivity index is 1.78. The third kappa shape index (κ3) is 2.75. The number of nitrogens with zero attached hydrogens (tertiary/aromatic N) is 1. The zero-order valence-electron chi connectivity index (χ0n) is 11.7. The highest BCUT2D eigenvalue weighted by molar-refractivity contribution is 5.87. The molecule has 0 spiro atoms. The summed E-state index contributed by atoms with van der Waals surface area (Å²) in [5, 5.41) is 11.4. The van der Waals surface area contributed by atoms with Gasteiger partial charge >= 0.3 is 5.97 Å². The molecule has 108 valence electrons. The fraction of sp³-hybridized carbons (Fsp3) is 0.294. The van der Waals surface area contributed by atoms with E-state index < -0.39 is 12.0 Å². The van der Waals surface area contributed by atoms with Crippen LogP contribution in [0.4, 0.5) is 0 Å². The molecule has 1 amide bonds. The van der Waals surface area contributed by atoms with Gasteiger partial charge in [0.2, 0.25) is 5.91 Å². The molecule has 0 aliphatic carbocycles. The molecule has 4 nitrogen and oxygen atoms in total. The van der Waals surface area contributed by atoms with Crippen molar-refractivity contribution in [3.05, 3.63) is 48.0 Å². The second kappa shape index (κ2) is 5.56. The summed E-state index contributed by atoms with van der Waals surface area (Å²) >= 11 is 0. The normalized spacial score (nSPS) is 18.1. The van der Waals surface area contributed by atoms with Crippen LogP contribution in [0.5, 0.6) is 0 Å². The molecule has 1 N–H and O–H groups in total. The van der Waals surface area contributed by atoms with Crippen LogP contribution in [0, 0.1) is 0 Å². The Hall–Kier alpha value is -2.36. The quantitative estimate of drug-likeness (QED) is 0.941. The molecule has 21 heavy (non-hydrogen) atoms. The number of carboxylic acid groups (broad SMARTS) is 1. The van der Waals surface area contributed by atoms with Gasteiger partial charge in [-0.2, -0.15) is 0 Å². The fourth-order valence-electron chi connectivity index (χ4n) is 2.95. The molecule has 2 aromatic carbocycles. The Bertz CT molecular complexity index is 695. The third-order valence-electron chi connectivity index (χ3n) is 4.03. The van der Waals surface area contributed by atoms with E-state index in [0.717, 1.165) is 22.8 Å². The van der Waals surface area contributed by atoms with Crippen LogP contribution in [-0.2, 0) is 16.0 Å². The zero-order valence-corrected chi connectivity index (χ0v) is 11.7. The summed E-state index contributed by atoms with van der Waals surface area (Å²) in [6.07, 6.45) is 1.58. The molecule has 1 aliphatic heterocycles. The summed E-state index contributed by atoms with van der Waals surface area (Å²) in [7, 11) is 0. The van der Waals surface area contributed by atoms with Gasteiger partial charge in [-0.05, 0) is 29.2 Å². The van der Waals surface area contributed by atoms with E-state index >= 15 is 0 Å². The van der Waals surface area contributed by atoms with Crippen molar-refractivity contribution in [2.45, 2.75) is 25.3 Å². The highest BCUT2D eigenvalue weighted by atomic mass is 16.4. The first-order valence-corrected chi connectivity index (χ1v) is 7.15. The zero-order chi connectivity index (χ0) is 14.8. The number of carbonyl (C=O) groups excluding carboxylic acids is 1. The van der Waals surface area contributed by atoms with Gasteiger partial charge in [0.1, 0.15) is 6.04 Å². The van der Waals surface area contributed by atoms with Gasteiger partial charge in [0.05, 0.1) is 6.42 Å². The van der Waals surface area contributed by atoms with Crippen LogP contribution in [0.3, 0.4) is 0 Å². The molecular weight excluding hydrogens is 266 g/mol. The van der Waals surface area contributed by atoms with Gasteiger partial charge in [0.25, 0.3) is 0 Å². The van der Waals surface area contributed by atoms with Crippen molar-refractivity contribution in [3.63, 3.8) is 0 Å². The number of aliphatic carboxylic acids is 1. The number of fused-ring (bicyclic) bond motifs is 1. The Labute approximate surface area is 123 Å². The summed E-state index contributed by atoms with van der Waals surface area (Å²) in [6.45, 7) is 0.545. The largest absolute Gasteiger partial charge is 0.480 e. The molecule has 1 atom stereocenters. The van der Waals surface area contributed by atoms with Crippen molar-refractivity contribution in [1.82, 2.24) is 4.90 Å². The fourth-order valence-corrected chi connectivity index (χ4v) is 2.95. The van der Waals surface area contributed by atoms with Crippen LogP contribution >= 0.6 is 0 Å². The van der Waals surface area contributed by atoms with Crippen molar-refractivity contribution in [2.24, 2.45) is 0 Å². The molecule has 1 saturated heterocycles.